The zero-order valence-corrected chi connectivity index (χ0v) is 13.3. The molecule has 1 saturated carbocycles. The molecule has 1 N–H and O–H groups in total. The second-order valence-corrected chi connectivity index (χ2v) is 5.95. The SMILES string of the molecule is Cc1ccc(Oc2cccc(C(=O)NC3CCCCC3)c2)nn1. The Bertz CT molecular complexity index is 664. The molecule has 1 aromatic carbocycles. The summed E-state index contributed by atoms with van der Waals surface area (Å²) in [6.45, 7) is 1.87. The molecule has 1 amide bonds. The third-order valence-corrected chi connectivity index (χ3v) is 4.03. The lowest BCUT2D eigenvalue weighted by molar-refractivity contribution is 0.0927. The van der Waals surface area contributed by atoms with Crippen molar-refractivity contribution in [1.29, 1.82) is 0 Å². The summed E-state index contributed by atoms with van der Waals surface area (Å²) in [6.07, 6.45) is 5.80. The molecule has 1 heterocycles. The quantitative estimate of drug-likeness (QED) is 0.936. The lowest BCUT2D eigenvalue weighted by Gasteiger charge is -2.22. The van der Waals surface area contributed by atoms with Crippen LogP contribution in [-0.2, 0) is 0 Å². The molecule has 0 radical (unpaired) electrons. The second kappa shape index (κ2) is 7.22. The van der Waals surface area contributed by atoms with Crippen LogP contribution in [0.3, 0.4) is 0 Å². The minimum Gasteiger partial charge on any atom is -0.438 e. The average molecular weight is 311 g/mol. The largest absolute Gasteiger partial charge is 0.438 e. The molecule has 5 heteroatoms. The summed E-state index contributed by atoms with van der Waals surface area (Å²) in [5.74, 6) is 0.956. The van der Waals surface area contributed by atoms with Crippen LogP contribution in [0.2, 0.25) is 0 Å². The number of nitrogens with one attached hydrogen (secondary N) is 1. The Balaban J connectivity index is 1.66. The number of hydrogen-bond acceptors (Lipinski definition) is 4. The molecule has 1 aliphatic rings. The van der Waals surface area contributed by atoms with Gasteiger partial charge in [-0.25, -0.2) is 0 Å². The summed E-state index contributed by atoms with van der Waals surface area (Å²) in [6, 6.07) is 11.0. The Morgan fingerprint density at radius 3 is 2.70 bits per heavy atom. The van der Waals surface area contributed by atoms with E-state index in [2.05, 4.69) is 15.5 Å². The van der Waals surface area contributed by atoms with Gasteiger partial charge in [-0.2, -0.15) is 5.10 Å². The smallest absolute Gasteiger partial charge is 0.251 e. The third kappa shape index (κ3) is 4.28. The number of aromatic nitrogens is 2. The third-order valence-electron chi connectivity index (χ3n) is 4.03. The van der Waals surface area contributed by atoms with Crippen LogP contribution in [0.25, 0.3) is 0 Å². The average Bonchev–Trinajstić information content (AvgIpc) is 2.58. The maximum Gasteiger partial charge on any atom is 0.251 e. The first-order valence-electron chi connectivity index (χ1n) is 8.10. The van der Waals surface area contributed by atoms with E-state index in [0.29, 0.717) is 23.2 Å². The Hall–Kier alpha value is -2.43. The molecule has 1 aliphatic carbocycles. The number of hydrogen-bond donors (Lipinski definition) is 1. The van der Waals surface area contributed by atoms with Gasteiger partial charge in [0, 0.05) is 17.7 Å². The Morgan fingerprint density at radius 1 is 1.13 bits per heavy atom. The lowest BCUT2D eigenvalue weighted by Crippen LogP contribution is -2.36. The molecule has 1 aromatic heterocycles. The van der Waals surface area contributed by atoms with E-state index in [4.69, 9.17) is 4.74 Å². The van der Waals surface area contributed by atoms with Gasteiger partial charge in [-0.05, 0) is 44.0 Å². The topological polar surface area (TPSA) is 64.1 Å². The molecular formula is C18H21N3O2. The second-order valence-electron chi connectivity index (χ2n) is 5.95. The van der Waals surface area contributed by atoms with Gasteiger partial charge in [0.25, 0.3) is 5.91 Å². The van der Waals surface area contributed by atoms with E-state index in [1.807, 2.05) is 19.1 Å². The van der Waals surface area contributed by atoms with Gasteiger partial charge in [-0.15, -0.1) is 5.10 Å². The standard InChI is InChI=1S/C18H21N3O2/c1-13-10-11-17(21-20-13)23-16-9-5-6-14(12-16)18(22)19-15-7-3-2-4-8-15/h5-6,9-12,15H,2-4,7-8H2,1H3,(H,19,22). The van der Waals surface area contributed by atoms with Crippen LogP contribution in [0.1, 0.15) is 48.2 Å². The molecule has 0 aliphatic heterocycles. The Labute approximate surface area is 136 Å². The highest BCUT2D eigenvalue weighted by Gasteiger charge is 2.17. The van der Waals surface area contributed by atoms with Crippen LogP contribution in [0.5, 0.6) is 11.6 Å². The summed E-state index contributed by atoms with van der Waals surface area (Å²) >= 11 is 0. The van der Waals surface area contributed by atoms with Crippen molar-refractivity contribution in [2.45, 2.75) is 45.1 Å². The number of carbonyl (C=O) groups is 1. The van der Waals surface area contributed by atoms with Gasteiger partial charge in [0.2, 0.25) is 5.88 Å². The van der Waals surface area contributed by atoms with Crippen LogP contribution in [-0.4, -0.2) is 22.1 Å². The van der Waals surface area contributed by atoms with Crippen molar-refractivity contribution >= 4 is 5.91 Å². The van der Waals surface area contributed by atoms with E-state index in [1.54, 1.807) is 24.3 Å². The van der Waals surface area contributed by atoms with Crippen LogP contribution in [0.4, 0.5) is 0 Å². The normalized spacial score (nSPS) is 15.2. The van der Waals surface area contributed by atoms with Crippen LogP contribution in [0, 0.1) is 6.92 Å². The number of ether oxygens (including phenoxy) is 1. The fraction of sp³-hybridized carbons (Fsp3) is 0.389. The van der Waals surface area contributed by atoms with Gasteiger partial charge in [0.15, 0.2) is 0 Å². The molecule has 0 spiro atoms. The number of nitrogens with zero attached hydrogens (tertiary/aromatic N) is 2. The summed E-state index contributed by atoms with van der Waals surface area (Å²) < 4.78 is 5.66. The maximum atomic E-state index is 12.4. The van der Waals surface area contributed by atoms with Gasteiger partial charge >= 0.3 is 0 Å². The molecule has 3 rings (SSSR count). The first-order valence-corrected chi connectivity index (χ1v) is 8.10. The number of rotatable bonds is 4. The summed E-state index contributed by atoms with van der Waals surface area (Å²) in [4.78, 5) is 12.4. The molecule has 5 nitrogen and oxygen atoms in total. The van der Waals surface area contributed by atoms with Crippen molar-refractivity contribution < 1.29 is 9.53 Å². The van der Waals surface area contributed by atoms with Gasteiger partial charge in [-0.3, -0.25) is 4.79 Å². The van der Waals surface area contributed by atoms with Crippen molar-refractivity contribution in [3.05, 3.63) is 47.7 Å². The Morgan fingerprint density at radius 2 is 1.96 bits per heavy atom. The molecule has 0 atom stereocenters. The molecule has 2 aromatic rings. The number of amides is 1. The van der Waals surface area contributed by atoms with E-state index in [0.717, 1.165) is 18.5 Å². The van der Waals surface area contributed by atoms with Crippen molar-refractivity contribution in [3.63, 3.8) is 0 Å². The molecule has 120 valence electrons. The Kier molecular flexibility index (Phi) is 4.86. The van der Waals surface area contributed by atoms with Gasteiger partial charge in [0.05, 0.1) is 5.69 Å². The predicted molar refractivity (Wildman–Crippen MR) is 87.6 cm³/mol. The minimum absolute atomic E-state index is 0.0441. The zero-order chi connectivity index (χ0) is 16.1. The van der Waals surface area contributed by atoms with Gasteiger partial charge < -0.3 is 10.1 Å². The lowest BCUT2D eigenvalue weighted by atomic mass is 9.95. The van der Waals surface area contributed by atoms with Crippen LogP contribution in [0.15, 0.2) is 36.4 Å². The zero-order valence-electron chi connectivity index (χ0n) is 13.3. The summed E-state index contributed by atoms with van der Waals surface area (Å²) in [5.41, 5.74) is 1.44. The van der Waals surface area contributed by atoms with Crippen molar-refractivity contribution in [2.24, 2.45) is 0 Å². The van der Waals surface area contributed by atoms with Crippen molar-refractivity contribution in [2.75, 3.05) is 0 Å². The molecule has 1 fully saturated rings. The van der Waals surface area contributed by atoms with Gasteiger partial charge in [-0.1, -0.05) is 25.3 Å². The molecule has 0 saturated heterocycles. The molecule has 23 heavy (non-hydrogen) atoms. The van der Waals surface area contributed by atoms with Gasteiger partial charge in [0.1, 0.15) is 5.75 Å². The molecular weight excluding hydrogens is 290 g/mol. The van der Waals surface area contributed by atoms with E-state index in [-0.39, 0.29) is 5.91 Å². The number of aryl methyl sites for hydroxylation is 1. The predicted octanol–water partition coefficient (Wildman–Crippen LogP) is 3.64. The van der Waals surface area contributed by atoms with E-state index >= 15 is 0 Å². The highest BCUT2D eigenvalue weighted by molar-refractivity contribution is 5.94. The molecule has 0 bridgehead atoms. The first kappa shape index (κ1) is 15.5. The fourth-order valence-electron chi connectivity index (χ4n) is 2.78. The van der Waals surface area contributed by atoms with E-state index in [9.17, 15) is 4.79 Å². The monoisotopic (exact) mass is 311 g/mol. The molecule has 0 unspecified atom stereocenters. The fourth-order valence-corrected chi connectivity index (χ4v) is 2.78. The van der Waals surface area contributed by atoms with Crippen LogP contribution >= 0.6 is 0 Å². The number of benzene rings is 1. The summed E-state index contributed by atoms with van der Waals surface area (Å²) in [7, 11) is 0. The van der Waals surface area contributed by atoms with Crippen molar-refractivity contribution in [3.8, 4) is 11.6 Å². The first-order chi connectivity index (χ1) is 11.2. The number of carbonyl (C=O) groups excluding carboxylic acids is 1. The van der Waals surface area contributed by atoms with Crippen LogP contribution < -0.4 is 10.1 Å². The highest BCUT2D eigenvalue weighted by Crippen LogP contribution is 2.21. The highest BCUT2D eigenvalue weighted by atomic mass is 16.5. The van der Waals surface area contributed by atoms with E-state index < -0.39 is 0 Å². The summed E-state index contributed by atoms with van der Waals surface area (Å²) in [5, 5.41) is 11.0. The minimum atomic E-state index is -0.0441. The van der Waals surface area contributed by atoms with E-state index in [1.165, 1.54) is 19.3 Å². The van der Waals surface area contributed by atoms with Crippen molar-refractivity contribution in [1.82, 2.24) is 15.5 Å². The maximum absolute atomic E-state index is 12.4.